The summed E-state index contributed by atoms with van der Waals surface area (Å²) < 4.78 is 33.1. The SMILES string of the molecule is CC(C)CCNC(=O)COC(=O)c1cccc(S(=O)(=O)N2c3ccccc3C[C@@H]2C)c1. The molecular formula is C23H28N2O5S. The molecule has 2 aromatic rings. The molecule has 1 aliphatic rings. The number of nitrogens with zero attached hydrogens (tertiary/aromatic N) is 1. The minimum absolute atomic E-state index is 0.00638. The first kappa shape index (κ1) is 22.8. The Balaban J connectivity index is 1.71. The predicted octanol–water partition coefficient (Wildman–Crippen LogP) is 3.15. The summed E-state index contributed by atoms with van der Waals surface area (Å²) in [7, 11) is -3.86. The smallest absolute Gasteiger partial charge is 0.338 e. The van der Waals surface area contributed by atoms with Crippen LogP contribution >= 0.6 is 0 Å². The number of benzene rings is 2. The maximum atomic E-state index is 13.3. The summed E-state index contributed by atoms with van der Waals surface area (Å²) in [6, 6.07) is 12.9. The Bertz CT molecular complexity index is 1070. The standard InChI is InChI=1S/C23H28N2O5S/c1-16(2)11-12-24-22(26)15-30-23(27)19-8-6-9-20(14-19)31(28,29)25-17(3)13-18-7-4-5-10-21(18)25/h4-10,14,16-17H,11-13,15H2,1-3H3,(H,24,26)/t17-/m0/s1. The molecule has 0 bridgehead atoms. The Kier molecular flexibility index (Phi) is 7.00. The average molecular weight is 445 g/mol. The maximum absolute atomic E-state index is 13.3. The molecule has 1 atom stereocenters. The summed E-state index contributed by atoms with van der Waals surface area (Å²) in [6.45, 7) is 6.05. The number of nitrogens with one attached hydrogen (secondary N) is 1. The number of carbonyl (C=O) groups is 2. The van der Waals surface area contributed by atoms with Crippen LogP contribution in [0.1, 0.15) is 43.1 Å². The largest absolute Gasteiger partial charge is 0.452 e. The summed E-state index contributed by atoms with van der Waals surface area (Å²) >= 11 is 0. The first-order valence-corrected chi connectivity index (χ1v) is 11.8. The number of amides is 1. The summed E-state index contributed by atoms with van der Waals surface area (Å²) in [5.41, 5.74) is 1.70. The number of hydrogen-bond acceptors (Lipinski definition) is 5. The minimum atomic E-state index is -3.86. The molecular weight excluding hydrogens is 416 g/mol. The highest BCUT2D eigenvalue weighted by molar-refractivity contribution is 7.92. The van der Waals surface area contributed by atoms with Crippen LogP contribution in [-0.4, -0.2) is 39.5 Å². The molecule has 1 heterocycles. The van der Waals surface area contributed by atoms with Crippen LogP contribution in [-0.2, 0) is 26.0 Å². The van der Waals surface area contributed by atoms with Gasteiger partial charge in [0.15, 0.2) is 6.61 Å². The molecule has 166 valence electrons. The van der Waals surface area contributed by atoms with Crippen molar-refractivity contribution < 1.29 is 22.7 Å². The molecule has 7 nitrogen and oxygen atoms in total. The van der Waals surface area contributed by atoms with Gasteiger partial charge in [0.05, 0.1) is 16.1 Å². The van der Waals surface area contributed by atoms with Gasteiger partial charge in [-0.3, -0.25) is 9.10 Å². The van der Waals surface area contributed by atoms with Gasteiger partial charge < -0.3 is 10.1 Å². The van der Waals surface area contributed by atoms with Gasteiger partial charge in [-0.2, -0.15) is 0 Å². The second-order valence-corrected chi connectivity index (χ2v) is 9.93. The molecule has 0 saturated carbocycles. The monoisotopic (exact) mass is 444 g/mol. The first-order chi connectivity index (χ1) is 14.7. The van der Waals surface area contributed by atoms with E-state index in [0.717, 1.165) is 12.0 Å². The van der Waals surface area contributed by atoms with E-state index in [1.165, 1.54) is 28.6 Å². The molecule has 3 rings (SSSR count). The van der Waals surface area contributed by atoms with Crippen LogP contribution in [0.15, 0.2) is 53.4 Å². The number of para-hydroxylation sites is 1. The normalized spacial score (nSPS) is 15.6. The van der Waals surface area contributed by atoms with Crippen LogP contribution in [0.2, 0.25) is 0 Å². The van der Waals surface area contributed by atoms with Crippen molar-refractivity contribution in [2.45, 2.75) is 44.6 Å². The zero-order chi connectivity index (χ0) is 22.6. The Morgan fingerprint density at radius 3 is 2.65 bits per heavy atom. The summed E-state index contributed by atoms with van der Waals surface area (Å²) in [5.74, 6) is -0.677. The molecule has 0 spiro atoms. The lowest BCUT2D eigenvalue weighted by Crippen LogP contribution is -2.35. The molecule has 1 amide bonds. The predicted molar refractivity (Wildman–Crippen MR) is 118 cm³/mol. The number of esters is 1. The van der Waals surface area contributed by atoms with Crippen molar-refractivity contribution in [2.75, 3.05) is 17.5 Å². The van der Waals surface area contributed by atoms with Crippen molar-refractivity contribution in [3.63, 3.8) is 0 Å². The van der Waals surface area contributed by atoms with Crippen molar-refractivity contribution in [3.8, 4) is 0 Å². The van der Waals surface area contributed by atoms with Gasteiger partial charge >= 0.3 is 5.97 Å². The molecule has 0 radical (unpaired) electrons. The van der Waals surface area contributed by atoms with Gasteiger partial charge in [-0.1, -0.05) is 38.1 Å². The van der Waals surface area contributed by atoms with Gasteiger partial charge in [-0.15, -0.1) is 0 Å². The second-order valence-electron chi connectivity index (χ2n) is 8.12. The fourth-order valence-corrected chi connectivity index (χ4v) is 5.31. The van der Waals surface area contributed by atoms with E-state index in [-0.39, 0.29) is 22.4 Å². The third-order valence-corrected chi connectivity index (χ3v) is 7.07. The molecule has 8 heteroatoms. The molecule has 0 unspecified atom stereocenters. The number of sulfonamides is 1. The topological polar surface area (TPSA) is 92.8 Å². The molecule has 0 saturated heterocycles. The second kappa shape index (κ2) is 9.51. The van der Waals surface area contributed by atoms with Crippen LogP contribution in [0.4, 0.5) is 5.69 Å². The summed E-state index contributed by atoms with van der Waals surface area (Å²) in [6.07, 6.45) is 1.46. The van der Waals surface area contributed by atoms with Gasteiger partial charge in [0, 0.05) is 12.6 Å². The number of ether oxygens (including phenoxy) is 1. The molecule has 1 N–H and O–H groups in total. The highest BCUT2D eigenvalue weighted by atomic mass is 32.2. The van der Waals surface area contributed by atoms with E-state index in [1.54, 1.807) is 12.1 Å². The van der Waals surface area contributed by atoms with Crippen LogP contribution in [0.25, 0.3) is 0 Å². The Morgan fingerprint density at radius 2 is 1.90 bits per heavy atom. The van der Waals surface area contributed by atoms with Crippen molar-refractivity contribution in [1.29, 1.82) is 0 Å². The van der Waals surface area contributed by atoms with Crippen molar-refractivity contribution >= 4 is 27.6 Å². The third-order valence-electron chi connectivity index (χ3n) is 5.15. The number of hydrogen-bond donors (Lipinski definition) is 1. The number of fused-ring (bicyclic) bond motifs is 1. The lowest BCUT2D eigenvalue weighted by Gasteiger charge is -2.24. The summed E-state index contributed by atoms with van der Waals surface area (Å²) in [5, 5.41) is 2.69. The van der Waals surface area contributed by atoms with Crippen LogP contribution in [0, 0.1) is 5.92 Å². The fraction of sp³-hybridized carbons (Fsp3) is 0.391. The molecule has 1 aliphatic heterocycles. The number of rotatable bonds is 8. The maximum Gasteiger partial charge on any atom is 0.338 e. The minimum Gasteiger partial charge on any atom is -0.452 e. The van der Waals surface area contributed by atoms with Gasteiger partial charge in [0.2, 0.25) is 0 Å². The van der Waals surface area contributed by atoms with Gasteiger partial charge in [0.25, 0.3) is 15.9 Å². The van der Waals surface area contributed by atoms with Gasteiger partial charge in [-0.05, 0) is 55.5 Å². The lowest BCUT2D eigenvalue weighted by molar-refractivity contribution is -0.124. The van der Waals surface area contributed by atoms with E-state index < -0.39 is 22.6 Å². The van der Waals surface area contributed by atoms with Gasteiger partial charge in [-0.25, -0.2) is 13.2 Å². The van der Waals surface area contributed by atoms with E-state index in [4.69, 9.17) is 4.74 Å². The van der Waals surface area contributed by atoms with Crippen molar-refractivity contribution in [3.05, 3.63) is 59.7 Å². The highest BCUT2D eigenvalue weighted by Crippen LogP contribution is 2.36. The van der Waals surface area contributed by atoms with Crippen LogP contribution in [0.5, 0.6) is 0 Å². The Morgan fingerprint density at radius 1 is 1.16 bits per heavy atom. The zero-order valence-electron chi connectivity index (χ0n) is 18.0. The van der Waals surface area contributed by atoms with Crippen molar-refractivity contribution in [2.24, 2.45) is 5.92 Å². The quantitative estimate of drug-likeness (QED) is 0.632. The summed E-state index contributed by atoms with van der Waals surface area (Å²) in [4.78, 5) is 24.2. The highest BCUT2D eigenvalue weighted by Gasteiger charge is 2.36. The fourth-order valence-electron chi connectivity index (χ4n) is 3.57. The van der Waals surface area contributed by atoms with E-state index in [2.05, 4.69) is 19.2 Å². The molecule has 0 aliphatic carbocycles. The Labute approximate surface area is 183 Å². The molecule has 0 aromatic heterocycles. The molecule has 31 heavy (non-hydrogen) atoms. The van der Waals surface area contributed by atoms with E-state index in [9.17, 15) is 18.0 Å². The van der Waals surface area contributed by atoms with Gasteiger partial charge in [0.1, 0.15) is 0 Å². The first-order valence-electron chi connectivity index (χ1n) is 10.4. The van der Waals surface area contributed by atoms with E-state index in [0.29, 0.717) is 24.6 Å². The number of anilines is 1. The average Bonchev–Trinajstić information content (AvgIpc) is 3.08. The van der Waals surface area contributed by atoms with Crippen molar-refractivity contribution in [1.82, 2.24) is 5.32 Å². The Hall–Kier alpha value is -2.87. The molecule has 0 fully saturated rings. The van der Waals surface area contributed by atoms with E-state index >= 15 is 0 Å². The van der Waals surface area contributed by atoms with E-state index in [1.807, 2.05) is 19.1 Å². The lowest BCUT2D eigenvalue weighted by atomic mass is 10.1. The van der Waals surface area contributed by atoms with Crippen LogP contribution in [0.3, 0.4) is 0 Å². The zero-order valence-corrected chi connectivity index (χ0v) is 18.8. The molecule has 2 aromatic carbocycles. The third kappa shape index (κ3) is 5.25. The number of carbonyl (C=O) groups excluding carboxylic acids is 2. The van der Waals surface area contributed by atoms with Crippen LogP contribution < -0.4 is 9.62 Å².